The van der Waals surface area contributed by atoms with Crippen LogP contribution in [0.4, 0.5) is 5.69 Å². The SMILES string of the molecule is COc1cccc(C(=O)N2CCC(O)c3cccc(C)c32)c1. The molecule has 1 amide bonds. The molecular formula is C18H19NO3. The van der Waals surface area contributed by atoms with Crippen molar-refractivity contribution in [3.8, 4) is 5.75 Å². The quantitative estimate of drug-likeness (QED) is 0.926. The standard InChI is InChI=1S/C18H19NO3/c1-12-5-3-8-15-16(20)9-10-19(17(12)15)18(21)13-6-4-7-14(11-13)22-2/h3-8,11,16,20H,9-10H2,1-2H3. The maximum Gasteiger partial charge on any atom is 0.258 e. The van der Waals surface area contributed by atoms with E-state index in [2.05, 4.69) is 0 Å². The van der Waals surface area contributed by atoms with Crippen molar-refractivity contribution in [1.82, 2.24) is 0 Å². The Morgan fingerprint density at radius 2 is 2.05 bits per heavy atom. The van der Waals surface area contributed by atoms with Crippen molar-refractivity contribution < 1.29 is 14.6 Å². The highest BCUT2D eigenvalue weighted by atomic mass is 16.5. The number of ether oxygens (including phenoxy) is 1. The van der Waals surface area contributed by atoms with Crippen LogP contribution in [0.15, 0.2) is 42.5 Å². The van der Waals surface area contributed by atoms with E-state index in [4.69, 9.17) is 4.74 Å². The Morgan fingerprint density at radius 1 is 1.27 bits per heavy atom. The summed E-state index contributed by atoms with van der Waals surface area (Å²) >= 11 is 0. The van der Waals surface area contributed by atoms with Gasteiger partial charge in [-0.25, -0.2) is 0 Å². The number of benzene rings is 2. The molecule has 22 heavy (non-hydrogen) atoms. The molecule has 1 atom stereocenters. The molecule has 1 unspecified atom stereocenters. The number of anilines is 1. The minimum atomic E-state index is -0.510. The summed E-state index contributed by atoms with van der Waals surface area (Å²) in [5, 5.41) is 10.2. The molecule has 0 saturated carbocycles. The van der Waals surface area contributed by atoms with Crippen LogP contribution in [0.25, 0.3) is 0 Å². The fourth-order valence-electron chi connectivity index (χ4n) is 2.95. The molecular weight excluding hydrogens is 278 g/mol. The van der Waals surface area contributed by atoms with E-state index in [1.165, 1.54) is 0 Å². The summed E-state index contributed by atoms with van der Waals surface area (Å²) in [5.74, 6) is 0.592. The van der Waals surface area contributed by atoms with Gasteiger partial charge in [0.2, 0.25) is 0 Å². The number of amides is 1. The summed E-state index contributed by atoms with van der Waals surface area (Å²) in [4.78, 5) is 14.6. The van der Waals surface area contributed by atoms with Crippen LogP contribution in [-0.4, -0.2) is 24.7 Å². The monoisotopic (exact) mass is 297 g/mol. The van der Waals surface area contributed by atoms with Crippen LogP contribution in [-0.2, 0) is 0 Å². The lowest BCUT2D eigenvalue weighted by molar-refractivity contribution is 0.0970. The number of para-hydroxylation sites is 1. The third-order valence-corrected chi connectivity index (χ3v) is 4.09. The second-order valence-corrected chi connectivity index (χ2v) is 5.51. The fraction of sp³-hybridized carbons (Fsp3) is 0.278. The van der Waals surface area contributed by atoms with E-state index in [1.54, 1.807) is 24.1 Å². The molecule has 2 aromatic rings. The number of carbonyl (C=O) groups is 1. The highest BCUT2D eigenvalue weighted by Gasteiger charge is 2.29. The lowest BCUT2D eigenvalue weighted by Crippen LogP contribution is -2.37. The zero-order chi connectivity index (χ0) is 15.7. The first kappa shape index (κ1) is 14.6. The van der Waals surface area contributed by atoms with E-state index in [1.807, 2.05) is 37.3 Å². The predicted molar refractivity (Wildman–Crippen MR) is 85.4 cm³/mol. The van der Waals surface area contributed by atoms with Crippen molar-refractivity contribution in [1.29, 1.82) is 0 Å². The van der Waals surface area contributed by atoms with Crippen LogP contribution >= 0.6 is 0 Å². The third-order valence-electron chi connectivity index (χ3n) is 4.09. The zero-order valence-electron chi connectivity index (χ0n) is 12.7. The van der Waals surface area contributed by atoms with Crippen LogP contribution in [0.1, 0.15) is 34.0 Å². The van der Waals surface area contributed by atoms with Gasteiger partial charge in [-0.2, -0.15) is 0 Å². The molecule has 0 saturated heterocycles. The molecule has 0 aliphatic carbocycles. The number of hydrogen-bond acceptors (Lipinski definition) is 3. The lowest BCUT2D eigenvalue weighted by atomic mass is 9.95. The lowest BCUT2D eigenvalue weighted by Gasteiger charge is -2.33. The Labute approximate surface area is 130 Å². The average molecular weight is 297 g/mol. The summed E-state index contributed by atoms with van der Waals surface area (Å²) in [5.41, 5.74) is 3.23. The van der Waals surface area contributed by atoms with Crippen molar-refractivity contribution in [2.45, 2.75) is 19.4 Å². The predicted octanol–water partition coefficient (Wildman–Crippen LogP) is 3.09. The minimum absolute atomic E-state index is 0.0682. The largest absolute Gasteiger partial charge is 0.497 e. The van der Waals surface area contributed by atoms with Gasteiger partial charge in [0.05, 0.1) is 18.9 Å². The molecule has 0 radical (unpaired) electrons. The maximum absolute atomic E-state index is 12.9. The Hall–Kier alpha value is -2.33. The van der Waals surface area contributed by atoms with Crippen LogP contribution in [0.5, 0.6) is 5.75 Å². The van der Waals surface area contributed by atoms with Gasteiger partial charge < -0.3 is 14.7 Å². The van der Waals surface area contributed by atoms with Crippen LogP contribution in [0.2, 0.25) is 0 Å². The number of aryl methyl sites for hydroxylation is 1. The van der Waals surface area contributed by atoms with Gasteiger partial charge >= 0.3 is 0 Å². The molecule has 4 nitrogen and oxygen atoms in total. The zero-order valence-corrected chi connectivity index (χ0v) is 12.7. The molecule has 2 aromatic carbocycles. The maximum atomic E-state index is 12.9. The number of aliphatic hydroxyl groups is 1. The van der Waals surface area contributed by atoms with E-state index in [9.17, 15) is 9.90 Å². The van der Waals surface area contributed by atoms with Crippen molar-refractivity contribution in [3.63, 3.8) is 0 Å². The van der Waals surface area contributed by atoms with Crippen molar-refractivity contribution in [2.24, 2.45) is 0 Å². The normalized spacial score (nSPS) is 17.0. The van der Waals surface area contributed by atoms with Gasteiger partial charge in [-0.3, -0.25) is 4.79 Å². The number of nitrogens with zero attached hydrogens (tertiary/aromatic N) is 1. The van der Waals surface area contributed by atoms with Gasteiger partial charge in [-0.1, -0.05) is 24.3 Å². The molecule has 0 aromatic heterocycles. The highest BCUT2D eigenvalue weighted by molar-refractivity contribution is 6.07. The molecule has 0 bridgehead atoms. The Bertz CT molecular complexity index is 711. The minimum Gasteiger partial charge on any atom is -0.497 e. The number of aliphatic hydroxyl groups excluding tert-OH is 1. The van der Waals surface area contributed by atoms with Crippen LogP contribution < -0.4 is 9.64 Å². The highest BCUT2D eigenvalue weighted by Crippen LogP contribution is 2.37. The molecule has 114 valence electrons. The van der Waals surface area contributed by atoms with Gasteiger partial charge in [0.1, 0.15) is 5.75 Å². The van der Waals surface area contributed by atoms with Gasteiger partial charge in [-0.05, 0) is 37.1 Å². The summed E-state index contributed by atoms with van der Waals surface area (Å²) in [7, 11) is 1.58. The van der Waals surface area contributed by atoms with Gasteiger partial charge in [-0.15, -0.1) is 0 Å². The van der Waals surface area contributed by atoms with Gasteiger partial charge in [0.15, 0.2) is 0 Å². The molecule has 4 heteroatoms. The number of methoxy groups -OCH3 is 1. The molecule has 1 N–H and O–H groups in total. The van der Waals surface area contributed by atoms with Crippen molar-refractivity contribution in [2.75, 3.05) is 18.6 Å². The number of fused-ring (bicyclic) bond motifs is 1. The fourth-order valence-corrected chi connectivity index (χ4v) is 2.95. The van der Waals surface area contributed by atoms with Crippen molar-refractivity contribution in [3.05, 3.63) is 59.2 Å². The van der Waals surface area contributed by atoms with Crippen LogP contribution in [0.3, 0.4) is 0 Å². The third kappa shape index (κ3) is 2.46. The summed E-state index contributed by atoms with van der Waals surface area (Å²) < 4.78 is 5.19. The second kappa shape index (κ2) is 5.81. The van der Waals surface area contributed by atoms with E-state index in [0.29, 0.717) is 24.3 Å². The topological polar surface area (TPSA) is 49.8 Å². The molecule has 0 fully saturated rings. The molecule has 0 spiro atoms. The number of hydrogen-bond donors (Lipinski definition) is 1. The van der Waals surface area contributed by atoms with E-state index < -0.39 is 6.10 Å². The number of rotatable bonds is 2. The van der Waals surface area contributed by atoms with E-state index >= 15 is 0 Å². The molecule has 1 heterocycles. The average Bonchev–Trinajstić information content (AvgIpc) is 2.55. The summed E-state index contributed by atoms with van der Waals surface area (Å²) in [6.07, 6.45) is 0.0378. The number of carbonyl (C=O) groups excluding carboxylic acids is 1. The molecule has 1 aliphatic rings. The van der Waals surface area contributed by atoms with E-state index in [-0.39, 0.29) is 5.91 Å². The van der Waals surface area contributed by atoms with Gasteiger partial charge in [0, 0.05) is 17.7 Å². The molecule has 1 aliphatic heterocycles. The first-order valence-electron chi connectivity index (χ1n) is 7.35. The van der Waals surface area contributed by atoms with Crippen molar-refractivity contribution >= 4 is 11.6 Å². The summed E-state index contributed by atoms with van der Waals surface area (Å²) in [6.45, 7) is 2.47. The van der Waals surface area contributed by atoms with Crippen LogP contribution in [0, 0.1) is 6.92 Å². The van der Waals surface area contributed by atoms with Gasteiger partial charge in [0.25, 0.3) is 5.91 Å². The Balaban J connectivity index is 2.02. The smallest absolute Gasteiger partial charge is 0.258 e. The first-order valence-corrected chi connectivity index (χ1v) is 7.35. The second-order valence-electron chi connectivity index (χ2n) is 5.51. The van der Waals surface area contributed by atoms with E-state index in [0.717, 1.165) is 16.8 Å². The summed E-state index contributed by atoms with van der Waals surface area (Å²) in [6, 6.07) is 12.9. The molecule has 3 rings (SSSR count). The Morgan fingerprint density at radius 3 is 2.82 bits per heavy atom. The Kier molecular flexibility index (Phi) is 3.86. The first-order chi connectivity index (χ1) is 10.6.